The number of benzene rings is 3. The fourth-order valence-electron chi connectivity index (χ4n) is 3.79. The van der Waals surface area contributed by atoms with E-state index in [4.69, 9.17) is 96.4 Å². The van der Waals surface area contributed by atoms with Crippen LogP contribution in [0.3, 0.4) is 0 Å². The number of halogens is 6. The van der Waals surface area contributed by atoms with Gasteiger partial charge in [0.1, 0.15) is 12.2 Å². The summed E-state index contributed by atoms with van der Waals surface area (Å²) in [6.45, 7) is 1.31. The monoisotopic (exact) mass is 656 g/mol. The van der Waals surface area contributed by atoms with E-state index >= 15 is 0 Å². The fraction of sp³-hybridized carbons (Fsp3) is 0.308. The van der Waals surface area contributed by atoms with Crippen molar-refractivity contribution < 1.29 is 14.2 Å². The zero-order chi connectivity index (χ0) is 26.5. The molecule has 0 amide bonds. The number of rotatable bonds is 10. The van der Waals surface area contributed by atoms with Gasteiger partial charge in [0, 0.05) is 30.1 Å². The molecule has 11 heteroatoms. The van der Waals surface area contributed by atoms with Crippen LogP contribution in [-0.4, -0.2) is 28.6 Å². The zero-order valence-corrected chi connectivity index (χ0v) is 25.4. The van der Waals surface area contributed by atoms with Gasteiger partial charge in [-0.25, -0.2) is 0 Å². The Kier molecular flexibility index (Phi) is 11.4. The van der Waals surface area contributed by atoms with Crippen LogP contribution in [0.1, 0.15) is 16.7 Å². The molecule has 1 saturated heterocycles. The fourth-order valence-corrected chi connectivity index (χ4v) is 7.22. The maximum Gasteiger partial charge on any atom is 0.106 e. The summed E-state index contributed by atoms with van der Waals surface area (Å²) in [5.74, 6) is 0. The molecule has 0 bridgehead atoms. The van der Waals surface area contributed by atoms with E-state index in [0.717, 1.165) is 16.7 Å². The Bertz CT molecular complexity index is 1230. The number of hydrogen-bond acceptors (Lipinski definition) is 5. The Labute approximate surface area is 256 Å². The van der Waals surface area contributed by atoms with Crippen LogP contribution in [0, 0.1) is 0 Å². The minimum atomic E-state index is -0.334. The van der Waals surface area contributed by atoms with Gasteiger partial charge in [0.05, 0.1) is 36.3 Å². The first-order chi connectivity index (χ1) is 17.7. The predicted octanol–water partition coefficient (Wildman–Crippen LogP) is 9.67. The normalized spacial score (nSPS) is 21.5. The van der Waals surface area contributed by atoms with Gasteiger partial charge in [-0.15, -0.1) is 11.8 Å². The molecule has 3 aromatic carbocycles. The lowest BCUT2D eigenvalue weighted by Gasteiger charge is -2.26. The third-order valence-corrected chi connectivity index (χ3v) is 9.45. The summed E-state index contributed by atoms with van der Waals surface area (Å²) in [5.41, 5.74) is 2.51. The van der Waals surface area contributed by atoms with Gasteiger partial charge in [0.15, 0.2) is 0 Å². The first-order valence-corrected chi connectivity index (χ1v) is 14.9. The van der Waals surface area contributed by atoms with Gasteiger partial charge in [-0.1, -0.05) is 87.8 Å². The van der Waals surface area contributed by atoms with E-state index in [9.17, 15) is 0 Å². The van der Waals surface area contributed by atoms with Gasteiger partial charge < -0.3 is 14.2 Å². The van der Waals surface area contributed by atoms with E-state index in [2.05, 4.69) is 0 Å². The summed E-state index contributed by atoms with van der Waals surface area (Å²) in [6, 6.07) is 16.0. The van der Waals surface area contributed by atoms with Crippen LogP contribution in [0.4, 0.5) is 0 Å². The predicted molar refractivity (Wildman–Crippen MR) is 160 cm³/mol. The molecule has 0 radical (unpaired) electrons. The van der Waals surface area contributed by atoms with Crippen molar-refractivity contribution >= 4 is 94.0 Å². The minimum Gasteiger partial charge on any atom is -0.375 e. The van der Waals surface area contributed by atoms with Crippen LogP contribution in [0.15, 0.2) is 54.6 Å². The Morgan fingerprint density at radius 1 is 0.622 bits per heavy atom. The second-order valence-electron chi connectivity index (χ2n) is 8.34. The molecular weight excluding hydrogens is 637 g/mol. The molecule has 4 atom stereocenters. The third kappa shape index (κ3) is 8.25. The molecule has 1 aliphatic rings. The standard InChI is InChI=1S/C26H22Cl6O3S2/c27-17-4-1-14(20(30)7-17)10-33-13-23-24(34-11-15-2-5-18(28)8-21(15)31)25(26(36)37-23)35-12-16-3-6-19(29)9-22(16)32/h1-9,23-26,36H,10-13H2/t23-,24-,25+,26?/m1/s1. The van der Waals surface area contributed by atoms with Crippen LogP contribution >= 0.6 is 94.0 Å². The third-order valence-electron chi connectivity index (χ3n) is 5.73. The highest BCUT2D eigenvalue weighted by molar-refractivity contribution is 8.11. The van der Waals surface area contributed by atoms with Crippen LogP contribution in [0.2, 0.25) is 30.1 Å². The number of thiol groups is 1. The largest absolute Gasteiger partial charge is 0.375 e. The molecule has 37 heavy (non-hydrogen) atoms. The number of hydrogen-bond donors (Lipinski definition) is 1. The highest BCUT2D eigenvalue weighted by atomic mass is 35.5. The van der Waals surface area contributed by atoms with E-state index in [0.29, 0.717) is 43.3 Å². The van der Waals surface area contributed by atoms with Crippen molar-refractivity contribution in [1.29, 1.82) is 0 Å². The van der Waals surface area contributed by atoms with E-state index in [1.165, 1.54) is 0 Å². The second-order valence-corrected chi connectivity index (χ2v) is 13.2. The Hall–Kier alpha value is -0.0200. The molecule has 1 aliphatic heterocycles. The Morgan fingerprint density at radius 2 is 1.05 bits per heavy atom. The molecule has 0 spiro atoms. The minimum absolute atomic E-state index is 0.0506. The SMILES string of the molecule is SC1S[C@H](COCc2ccc(Cl)cc2Cl)[C@@H](OCc2ccc(Cl)cc2Cl)[C@@H]1OCc1ccc(Cl)cc1Cl. The van der Waals surface area contributed by atoms with E-state index in [-0.39, 0.29) is 35.3 Å². The first-order valence-electron chi connectivity index (χ1n) is 11.2. The van der Waals surface area contributed by atoms with Gasteiger partial charge in [-0.05, 0) is 53.1 Å². The lowest BCUT2D eigenvalue weighted by Crippen LogP contribution is -2.38. The highest BCUT2D eigenvalue weighted by Gasteiger charge is 2.44. The van der Waals surface area contributed by atoms with Crippen molar-refractivity contribution in [3.05, 3.63) is 101 Å². The van der Waals surface area contributed by atoms with E-state index < -0.39 is 0 Å². The number of thioether (sulfide) groups is 1. The molecule has 1 heterocycles. The molecule has 0 saturated carbocycles. The topological polar surface area (TPSA) is 27.7 Å². The molecule has 1 unspecified atom stereocenters. The van der Waals surface area contributed by atoms with Crippen molar-refractivity contribution in [1.82, 2.24) is 0 Å². The summed E-state index contributed by atoms with van der Waals surface area (Å²) >= 11 is 43.5. The van der Waals surface area contributed by atoms with Crippen molar-refractivity contribution in [2.75, 3.05) is 6.61 Å². The van der Waals surface area contributed by atoms with Gasteiger partial charge in [-0.2, -0.15) is 12.6 Å². The maximum atomic E-state index is 6.39. The van der Waals surface area contributed by atoms with Crippen LogP contribution in [-0.2, 0) is 34.0 Å². The summed E-state index contributed by atoms with van der Waals surface area (Å²) in [4.78, 5) is 0. The smallest absolute Gasteiger partial charge is 0.106 e. The molecular formula is C26H22Cl6O3S2. The molecule has 4 rings (SSSR count). The highest BCUT2D eigenvalue weighted by Crippen LogP contribution is 2.41. The van der Waals surface area contributed by atoms with Crippen molar-refractivity contribution in [2.45, 2.75) is 41.9 Å². The molecule has 0 N–H and O–H groups in total. The summed E-state index contributed by atoms with van der Waals surface area (Å²) in [7, 11) is 0. The Morgan fingerprint density at radius 3 is 1.51 bits per heavy atom. The van der Waals surface area contributed by atoms with Gasteiger partial charge in [0.2, 0.25) is 0 Å². The van der Waals surface area contributed by atoms with Gasteiger partial charge in [-0.3, -0.25) is 0 Å². The summed E-state index contributed by atoms with van der Waals surface area (Å²) in [6.07, 6.45) is -0.662. The number of ether oxygens (including phenoxy) is 3. The summed E-state index contributed by atoms with van der Waals surface area (Å²) < 4.78 is 18.6. The molecule has 1 fully saturated rings. The lowest BCUT2D eigenvalue weighted by molar-refractivity contribution is -0.0792. The lowest BCUT2D eigenvalue weighted by atomic mass is 10.1. The Balaban J connectivity index is 1.45. The van der Waals surface area contributed by atoms with Crippen molar-refractivity contribution in [2.24, 2.45) is 0 Å². The average Bonchev–Trinajstić information content (AvgIpc) is 3.13. The van der Waals surface area contributed by atoms with Gasteiger partial charge >= 0.3 is 0 Å². The second kappa shape index (κ2) is 14.0. The molecule has 0 aromatic heterocycles. The molecule has 3 aromatic rings. The first kappa shape index (κ1) is 30.0. The van der Waals surface area contributed by atoms with Crippen molar-refractivity contribution in [3.8, 4) is 0 Å². The molecule has 3 nitrogen and oxygen atoms in total. The average molecular weight is 659 g/mol. The summed E-state index contributed by atoms with van der Waals surface area (Å²) in [5, 5.41) is 3.29. The van der Waals surface area contributed by atoms with E-state index in [1.54, 1.807) is 48.2 Å². The van der Waals surface area contributed by atoms with Crippen LogP contribution < -0.4 is 0 Å². The van der Waals surface area contributed by atoms with Crippen molar-refractivity contribution in [3.63, 3.8) is 0 Å². The zero-order valence-electron chi connectivity index (χ0n) is 19.2. The van der Waals surface area contributed by atoms with Crippen LogP contribution in [0.5, 0.6) is 0 Å². The van der Waals surface area contributed by atoms with Gasteiger partial charge in [0.25, 0.3) is 0 Å². The quantitative estimate of drug-likeness (QED) is 0.220. The van der Waals surface area contributed by atoms with Crippen LogP contribution in [0.25, 0.3) is 0 Å². The molecule has 0 aliphatic carbocycles. The van der Waals surface area contributed by atoms with E-state index in [1.807, 2.05) is 18.2 Å². The molecule has 198 valence electrons. The maximum absolute atomic E-state index is 6.39.